The lowest BCUT2D eigenvalue weighted by molar-refractivity contribution is 0.00331. The van der Waals surface area contributed by atoms with E-state index in [9.17, 15) is 9.59 Å². The standard InChI is InChI=1S/C44H78O4/c1-7-13-17-19-21-23-27-35-41(37(11-5)31-25-15-9-3)47-43(45)39-33-29-30-34-40(39)44(46)48-42(38(12-6)32-26-16-10-4)36-28-24-22-20-18-14-8-2/h29-30,33-34,37-38,41-42H,7-28,31-32,35-36H2,1-6H3. The van der Waals surface area contributed by atoms with Crippen molar-refractivity contribution >= 4 is 11.9 Å². The molecule has 4 atom stereocenters. The molecule has 0 heterocycles. The van der Waals surface area contributed by atoms with Crippen molar-refractivity contribution < 1.29 is 19.1 Å². The molecule has 0 saturated carbocycles. The summed E-state index contributed by atoms with van der Waals surface area (Å²) < 4.78 is 12.7. The van der Waals surface area contributed by atoms with Gasteiger partial charge in [-0.1, -0.05) is 169 Å². The van der Waals surface area contributed by atoms with Gasteiger partial charge in [0, 0.05) is 0 Å². The molecule has 0 amide bonds. The van der Waals surface area contributed by atoms with Crippen molar-refractivity contribution in [2.24, 2.45) is 11.8 Å². The molecule has 4 unspecified atom stereocenters. The highest BCUT2D eigenvalue weighted by Crippen LogP contribution is 2.29. The van der Waals surface area contributed by atoms with Crippen LogP contribution in [-0.2, 0) is 9.47 Å². The van der Waals surface area contributed by atoms with E-state index in [4.69, 9.17) is 9.47 Å². The lowest BCUT2D eigenvalue weighted by atomic mass is 9.89. The average Bonchev–Trinajstić information content (AvgIpc) is 3.10. The summed E-state index contributed by atoms with van der Waals surface area (Å²) in [5, 5.41) is 0. The highest BCUT2D eigenvalue weighted by atomic mass is 16.6. The lowest BCUT2D eigenvalue weighted by Gasteiger charge is -2.28. The first-order chi connectivity index (χ1) is 23.5. The second-order valence-electron chi connectivity index (χ2n) is 14.6. The fraction of sp³-hybridized carbons (Fsp3) is 0.818. The maximum absolute atomic E-state index is 13.9. The van der Waals surface area contributed by atoms with Gasteiger partial charge in [0.25, 0.3) is 0 Å². The van der Waals surface area contributed by atoms with Gasteiger partial charge in [0.15, 0.2) is 0 Å². The molecule has 278 valence electrons. The molecule has 0 saturated heterocycles. The number of carbonyl (C=O) groups is 2. The van der Waals surface area contributed by atoms with Gasteiger partial charge in [-0.25, -0.2) is 9.59 Å². The normalized spacial score (nSPS) is 14.0. The molecule has 1 aromatic rings. The summed E-state index contributed by atoms with van der Waals surface area (Å²) in [4.78, 5) is 27.8. The SMILES string of the molecule is CCCCCCCCCC(OC(=O)c1ccccc1C(=O)OC(CCCCCCCCC)C(CC)CCCCC)C(CC)CCCCC. The van der Waals surface area contributed by atoms with Crippen LogP contribution in [0.4, 0.5) is 0 Å². The first kappa shape index (κ1) is 44.2. The largest absolute Gasteiger partial charge is 0.458 e. The smallest absolute Gasteiger partial charge is 0.339 e. The summed E-state index contributed by atoms with van der Waals surface area (Å²) in [6, 6.07) is 7.19. The molecular formula is C44H78O4. The first-order valence-corrected chi connectivity index (χ1v) is 21.0. The van der Waals surface area contributed by atoms with Crippen molar-refractivity contribution in [2.45, 2.75) is 221 Å². The second kappa shape index (κ2) is 30.0. The van der Waals surface area contributed by atoms with Crippen LogP contribution in [0.2, 0.25) is 0 Å². The molecule has 4 nitrogen and oxygen atoms in total. The first-order valence-electron chi connectivity index (χ1n) is 21.0. The molecule has 0 spiro atoms. The van der Waals surface area contributed by atoms with Crippen LogP contribution in [0, 0.1) is 11.8 Å². The fourth-order valence-corrected chi connectivity index (χ4v) is 7.25. The van der Waals surface area contributed by atoms with Gasteiger partial charge in [-0.3, -0.25) is 0 Å². The number of rotatable bonds is 32. The Morgan fingerprint density at radius 2 is 0.729 bits per heavy atom. The number of carbonyl (C=O) groups excluding carboxylic acids is 2. The minimum atomic E-state index is -0.372. The van der Waals surface area contributed by atoms with Crippen molar-refractivity contribution in [3.8, 4) is 0 Å². The van der Waals surface area contributed by atoms with Gasteiger partial charge < -0.3 is 9.47 Å². The number of benzene rings is 1. The number of ether oxygens (including phenoxy) is 2. The Morgan fingerprint density at radius 1 is 0.438 bits per heavy atom. The van der Waals surface area contributed by atoms with Gasteiger partial charge in [-0.15, -0.1) is 0 Å². The molecule has 1 aromatic carbocycles. The van der Waals surface area contributed by atoms with E-state index in [1.165, 1.54) is 116 Å². The molecule has 0 aliphatic rings. The maximum atomic E-state index is 13.9. The third kappa shape index (κ3) is 19.4. The van der Waals surface area contributed by atoms with E-state index in [2.05, 4.69) is 41.5 Å². The molecule has 0 aromatic heterocycles. The van der Waals surface area contributed by atoms with Crippen molar-refractivity contribution in [1.29, 1.82) is 0 Å². The topological polar surface area (TPSA) is 52.6 Å². The molecule has 0 N–H and O–H groups in total. The summed E-state index contributed by atoms with van der Waals surface area (Å²) in [5.41, 5.74) is 0.702. The Morgan fingerprint density at radius 3 is 1.06 bits per heavy atom. The Kier molecular flexibility index (Phi) is 27.6. The van der Waals surface area contributed by atoms with E-state index < -0.39 is 0 Å². The number of hydrogen-bond donors (Lipinski definition) is 0. The van der Waals surface area contributed by atoms with Crippen molar-refractivity contribution in [2.75, 3.05) is 0 Å². The van der Waals surface area contributed by atoms with Gasteiger partial charge in [-0.2, -0.15) is 0 Å². The summed E-state index contributed by atoms with van der Waals surface area (Å²) in [6.45, 7) is 13.4. The van der Waals surface area contributed by atoms with Crippen LogP contribution in [-0.4, -0.2) is 24.1 Å². The molecule has 0 fully saturated rings. The fourth-order valence-electron chi connectivity index (χ4n) is 7.25. The Bertz CT molecular complexity index is 838. The lowest BCUT2D eigenvalue weighted by Crippen LogP contribution is -2.30. The van der Waals surface area contributed by atoms with E-state index in [0.717, 1.165) is 51.4 Å². The van der Waals surface area contributed by atoms with E-state index in [1.807, 2.05) is 12.1 Å². The Balaban J connectivity index is 3.06. The van der Waals surface area contributed by atoms with Crippen LogP contribution >= 0.6 is 0 Å². The number of unbranched alkanes of at least 4 members (excludes halogenated alkanes) is 16. The van der Waals surface area contributed by atoms with Gasteiger partial charge in [-0.05, 0) is 75.3 Å². The predicted octanol–water partition coefficient (Wildman–Crippen LogP) is 14.2. The monoisotopic (exact) mass is 671 g/mol. The predicted molar refractivity (Wildman–Crippen MR) is 206 cm³/mol. The van der Waals surface area contributed by atoms with Crippen LogP contribution in [0.5, 0.6) is 0 Å². The van der Waals surface area contributed by atoms with Crippen molar-refractivity contribution in [3.05, 3.63) is 35.4 Å². The minimum Gasteiger partial charge on any atom is -0.458 e. The molecule has 1 rings (SSSR count). The van der Waals surface area contributed by atoms with Gasteiger partial charge in [0.05, 0.1) is 11.1 Å². The number of esters is 2. The second-order valence-corrected chi connectivity index (χ2v) is 14.6. The molecule has 0 radical (unpaired) electrons. The zero-order valence-corrected chi connectivity index (χ0v) is 32.6. The zero-order chi connectivity index (χ0) is 35.2. The van der Waals surface area contributed by atoms with Crippen LogP contribution in [0.3, 0.4) is 0 Å². The summed E-state index contributed by atoms with van der Waals surface area (Å²) >= 11 is 0. The molecule has 48 heavy (non-hydrogen) atoms. The quantitative estimate of drug-likeness (QED) is 0.0565. The van der Waals surface area contributed by atoms with E-state index in [1.54, 1.807) is 12.1 Å². The summed E-state index contributed by atoms with van der Waals surface area (Å²) in [7, 11) is 0. The third-order valence-electron chi connectivity index (χ3n) is 10.5. The molecule has 0 bridgehead atoms. The summed E-state index contributed by atoms with van der Waals surface area (Å²) in [5.74, 6) is -0.0508. The van der Waals surface area contributed by atoms with Crippen LogP contribution in [0.15, 0.2) is 24.3 Å². The van der Waals surface area contributed by atoms with Crippen LogP contribution in [0.1, 0.15) is 229 Å². The highest BCUT2D eigenvalue weighted by Gasteiger charge is 2.29. The average molecular weight is 671 g/mol. The maximum Gasteiger partial charge on any atom is 0.339 e. The van der Waals surface area contributed by atoms with E-state index in [0.29, 0.717) is 23.0 Å². The Hall–Kier alpha value is -1.84. The highest BCUT2D eigenvalue weighted by molar-refractivity contribution is 6.03. The third-order valence-corrected chi connectivity index (χ3v) is 10.5. The van der Waals surface area contributed by atoms with E-state index in [-0.39, 0.29) is 24.1 Å². The Labute approximate surface area is 298 Å². The van der Waals surface area contributed by atoms with Crippen LogP contribution in [0.25, 0.3) is 0 Å². The number of hydrogen-bond acceptors (Lipinski definition) is 4. The van der Waals surface area contributed by atoms with Crippen molar-refractivity contribution in [1.82, 2.24) is 0 Å². The molecule has 0 aliphatic carbocycles. The zero-order valence-electron chi connectivity index (χ0n) is 32.6. The van der Waals surface area contributed by atoms with Crippen LogP contribution < -0.4 is 0 Å². The molecular weight excluding hydrogens is 592 g/mol. The minimum absolute atomic E-state index is 0.118. The van der Waals surface area contributed by atoms with Gasteiger partial charge >= 0.3 is 11.9 Å². The molecule has 0 aliphatic heterocycles. The van der Waals surface area contributed by atoms with E-state index >= 15 is 0 Å². The molecule has 4 heteroatoms. The summed E-state index contributed by atoms with van der Waals surface area (Å²) in [6.07, 6.45) is 30.2. The van der Waals surface area contributed by atoms with Gasteiger partial charge in [0.1, 0.15) is 12.2 Å². The van der Waals surface area contributed by atoms with Crippen molar-refractivity contribution in [3.63, 3.8) is 0 Å². The van der Waals surface area contributed by atoms with Gasteiger partial charge in [0.2, 0.25) is 0 Å².